The van der Waals surface area contributed by atoms with E-state index in [0.29, 0.717) is 16.8 Å². The zero-order valence-corrected chi connectivity index (χ0v) is 17.9. The van der Waals surface area contributed by atoms with Gasteiger partial charge in [-0.2, -0.15) is 0 Å². The lowest BCUT2D eigenvalue weighted by Crippen LogP contribution is -2.48. The molecule has 3 nitrogen and oxygen atoms in total. The minimum absolute atomic E-state index is 0.0704. The Balaban J connectivity index is 1.47. The molecule has 0 amide bonds. The topological polar surface area (TPSA) is 35.5 Å². The zero-order valence-electron chi connectivity index (χ0n) is 16.3. The van der Waals surface area contributed by atoms with Crippen LogP contribution in [-0.2, 0) is 4.74 Å². The summed E-state index contributed by atoms with van der Waals surface area (Å²) in [6, 6.07) is 2.78. The number of hydrogen-bond donors (Lipinski definition) is 0. The Morgan fingerprint density at radius 3 is 2.22 bits per heavy atom. The average molecular weight is 439 g/mol. The summed E-state index contributed by atoms with van der Waals surface area (Å²) in [6.07, 6.45) is 7.91. The summed E-state index contributed by atoms with van der Waals surface area (Å²) in [4.78, 5) is 12.2. The molecule has 1 aromatic rings. The second kappa shape index (κ2) is 6.75. The quantitative estimate of drug-likeness (QED) is 0.529. The molecule has 5 heteroatoms. The van der Waals surface area contributed by atoms with E-state index in [1.54, 1.807) is 20.8 Å². The summed E-state index contributed by atoms with van der Waals surface area (Å²) in [5.74, 6) is 1.77. The van der Waals surface area contributed by atoms with Crippen LogP contribution in [0.1, 0.15) is 69.7 Å². The van der Waals surface area contributed by atoms with E-state index in [4.69, 9.17) is 9.47 Å². The first-order valence-corrected chi connectivity index (χ1v) is 10.8. The second-order valence-electron chi connectivity index (χ2n) is 9.97. The Kier molecular flexibility index (Phi) is 4.81. The number of benzene rings is 1. The molecule has 0 radical (unpaired) electrons. The molecule has 0 atom stereocenters. The molecular weight excluding hydrogens is 411 g/mol. The maximum absolute atomic E-state index is 14.5. The van der Waals surface area contributed by atoms with Gasteiger partial charge in [-0.3, -0.25) is 0 Å². The van der Waals surface area contributed by atoms with Crippen molar-refractivity contribution in [1.82, 2.24) is 0 Å². The number of ether oxygens (including phenoxy) is 2. The van der Waals surface area contributed by atoms with E-state index in [1.165, 1.54) is 50.7 Å². The number of halogens is 2. The molecule has 0 aromatic heterocycles. The van der Waals surface area contributed by atoms with Gasteiger partial charge in [0.25, 0.3) is 0 Å². The summed E-state index contributed by atoms with van der Waals surface area (Å²) in [5.41, 5.74) is -0.475. The van der Waals surface area contributed by atoms with Gasteiger partial charge < -0.3 is 9.47 Å². The molecule has 0 saturated heterocycles. The van der Waals surface area contributed by atoms with Gasteiger partial charge in [-0.05, 0) is 99.0 Å². The van der Waals surface area contributed by atoms with E-state index in [0.717, 1.165) is 17.8 Å². The fourth-order valence-electron chi connectivity index (χ4n) is 5.83. The van der Waals surface area contributed by atoms with E-state index in [-0.39, 0.29) is 11.0 Å². The van der Waals surface area contributed by atoms with Crippen LogP contribution in [0.4, 0.5) is 4.39 Å². The van der Waals surface area contributed by atoms with Crippen LogP contribution in [0.5, 0.6) is 5.75 Å². The Morgan fingerprint density at radius 1 is 1.15 bits per heavy atom. The first kappa shape index (κ1) is 19.2. The third-order valence-electron chi connectivity index (χ3n) is 6.34. The minimum Gasteiger partial charge on any atom is -0.492 e. The second-order valence-corrected chi connectivity index (χ2v) is 10.8. The standard InChI is InChI=1S/C22H28BrFO3/c1-21(2,3)27-20(25)16-7-17(23)19(8-18(16)24)26-12-22-9-13-4-14(10-22)6-15(5-13)11-22/h7-8,13-15H,4-6,9-12H2,1-3H3. The molecule has 0 heterocycles. The van der Waals surface area contributed by atoms with Crippen molar-refractivity contribution in [3.8, 4) is 5.75 Å². The minimum atomic E-state index is -0.663. The van der Waals surface area contributed by atoms with Crippen molar-refractivity contribution in [2.75, 3.05) is 6.61 Å². The summed E-state index contributed by atoms with van der Waals surface area (Å²) < 4.78 is 26.5. The van der Waals surface area contributed by atoms with Crippen LogP contribution in [0.15, 0.2) is 16.6 Å². The van der Waals surface area contributed by atoms with Gasteiger partial charge in [-0.25, -0.2) is 9.18 Å². The lowest BCUT2D eigenvalue weighted by Gasteiger charge is -2.56. The molecule has 4 bridgehead atoms. The fraction of sp³-hybridized carbons (Fsp3) is 0.682. The van der Waals surface area contributed by atoms with Gasteiger partial charge in [0.15, 0.2) is 0 Å². The van der Waals surface area contributed by atoms with E-state index >= 15 is 0 Å². The Morgan fingerprint density at radius 2 is 1.70 bits per heavy atom. The Hall–Kier alpha value is -1.10. The molecule has 1 aromatic carbocycles. The largest absolute Gasteiger partial charge is 0.492 e. The van der Waals surface area contributed by atoms with Crippen LogP contribution in [0.2, 0.25) is 0 Å². The number of carbonyl (C=O) groups excluding carboxylic acids is 1. The highest BCUT2D eigenvalue weighted by Crippen LogP contribution is 2.60. The molecular formula is C22H28BrFO3. The number of hydrogen-bond acceptors (Lipinski definition) is 3. The molecule has 4 aliphatic rings. The third-order valence-corrected chi connectivity index (χ3v) is 6.96. The first-order valence-electron chi connectivity index (χ1n) is 9.98. The van der Waals surface area contributed by atoms with Gasteiger partial charge in [0.1, 0.15) is 17.2 Å². The summed E-state index contributed by atoms with van der Waals surface area (Å²) in [5, 5.41) is 0. The normalized spacial score (nSPS) is 31.8. The smallest absolute Gasteiger partial charge is 0.341 e. The molecule has 0 N–H and O–H groups in total. The Bertz CT molecular complexity index is 717. The lowest BCUT2D eigenvalue weighted by molar-refractivity contribution is -0.0746. The molecule has 4 aliphatic carbocycles. The predicted octanol–water partition coefficient (Wildman–Crippen LogP) is 6.14. The van der Waals surface area contributed by atoms with Crippen molar-refractivity contribution in [2.45, 2.75) is 64.9 Å². The highest BCUT2D eigenvalue weighted by molar-refractivity contribution is 9.10. The van der Waals surface area contributed by atoms with Crippen molar-refractivity contribution < 1.29 is 18.7 Å². The number of carbonyl (C=O) groups is 1. The SMILES string of the molecule is CC(C)(C)OC(=O)c1cc(Br)c(OCC23CC4CC(CC(C4)C2)C3)cc1F. The average Bonchev–Trinajstić information content (AvgIpc) is 2.52. The van der Waals surface area contributed by atoms with Crippen molar-refractivity contribution in [3.05, 3.63) is 28.0 Å². The number of esters is 1. The van der Waals surface area contributed by atoms with Crippen LogP contribution in [0.3, 0.4) is 0 Å². The summed E-state index contributed by atoms with van der Waals surface area (Å²) in [7, 11) is 0. The van der Waals surface area contributed by atoms with Crippen LogP contribution < -0.4 is 4.74 Å². The summed E-state index contributed by atoms with van der Waals surface area (Å²) >= 11 is 3.44. The maximum Gasteiger partial charge on any atom is 0.341 e. The maximum atomic E-state index is 14.5. The molecule has 5 rings (SSSR count). The number of rotatable bonds is 4. The zero-order chi connectivity index (χ0) is 19.4. The first-order chi connectivity index (χ1) is 12.6. The summed E-state index contributed by atoms with van der Waals surface area (Å²) in [6.45, 7) is 5.93. The van der Waals surface area contributed by atoms with Gasteiger partial charge in [0, 0.05) is 11.5 Å². The molecule has 27 heavy (non-hydrogen) atoms. The molecule has 0 spiro atoms. The molecule has 4 saturated carbocycles. The molecule has 148 valence electrons. The van der Waals surface area contributed by atoms with Crippen molar-refractivity contribution in [2.24, 2.45) is 23.2 Å². The molecule has 0 aliphatic heterocycles. The highest BCUT2D eigenvalue weighted by atomic mass is 79.9. The fourth-order valence-corrected chi connectivity index (χ4v) is 6.28. The predicted molar refractivity (Wildman–Crippen MR) is 105 cm³/mol. The van der Waals surface area contributed by atoms with Crippen LogP contribution in [0, 0.1) is 29.0 Å². The molecule has 4 fully saturated rings. The van der Waals surface area contributed by atoms with E-state index in [2.05, 4.69) is 15.9 Å². The van der Waals surface area contributed by atoms with Gasteiger partial charge in [0.2, 0.25) is 0 Å². The lowest BCUT2D eigenvalue weighted by atomic mass is 9.50. The van der Waals surface area contributed by atoms with Gasteiger partial charge >= 0.3 is 5.97 Å². The third kappa shape index (κ3) is 4.03. The van der Waals surface area contributed by atoms with Gasteiger partial charge in [0.05, 0.1) is 16.6 Å². The van der Waals surface area contributed by atoms with E-state index in [9.17, 15) is 9.18 Å². The van der Waals surface area contributed by atoms with Crippen LogP contribution in [-0.4, -0.2) is 18.2 Å². The van der Waals surface area contributed by atoms with Crippen molar-refractivity contribution in [1.29, 1.82) is 0 Å². The molecule has 0 unspecified atom stereocenters. The highest BCUT2D eigenvalue weighted by Gasteiger charge is 2.51. The van der Waals surface area contributed by atoms with E-state index in [1.807, 2.05) is 0 Å². The van der Waals surface area contributed by atoms with Crippen molar-refractivity contribution >= 4 is 21.9 Å². The van der Waals surface area contributed by atoms with Crippen molar-refractivity contribution in [3.63, 3.8) is 0 Å². The van der Waals surface area contributed by atoms with Gasteiger partial charge in [-0.15, -0.1) is 0 Å². The monoisotopic (exact) mass is 438 g/mol. The van der Waals surface area contributed by atoms with Crippen LogP contribution in [0.25, 0.3) is 0 Å². The Labute approximate surface area is 169 Å². The van der Waals surface area contributed by atoms with Crippen LogP contribution >= 0.6 is 15.9 Å². The van der Waals surface area contributed by atoms with Gasteiger partial charge in [-0.1, -0.05) is 0 Å². The van der Waals surface area contributed by atoms with E-state index < -0.39 is 17.4 Å².